The highest BCUT2D eigenvalue weighted by Crippen LogP contribution is 2.33. The van der Waals surface area contributed by atoms with Gasteiger partial charge in [0, 0.05) is 28.5 Å². The zero-order chi connectivity index (χ0) is 18.1. The first-order valence-corrected chi connectivity index (χ1v) is 10.0. The van der Waals surface area contributed by atoms with Gasteiger partial charge in [0.15, 0.2) is 5.78 Å². The second-order valence-corrected chi connectivity index (χ2v) is 8.21. The van der Waals surface area contributed by atoms with Crippen molar-refractivity contribution in [2.45, 2.75) is 43.0 Å². The van der Waals surface area contributed by atoms with Gasteiger partial charge in [-0.3, -0.25) is 4.79 Å². The van der Waals surface area contributed by atoms with E-state index in [0.717, 1.165) is 35.9 Å². The maximum atomic E-state index is 12.4. The van der Waals surface area contributed by atoms with Crippen molar-refractivity contribution in [3.8, 4) is 0 Å². The summed E-state index contributed by atoms with van der Waals surface area (Å²) in [7, 11) is 0. The second kappa shape index (κ2) is 7.15. The second-order valence-electron chi connectivity index (χ2n) is 6.94. The molecule has 4 N–H and O–H groups in total. The molecule has 2 fully saturated rings. The number of thioether (sulfide) groups is 1. The highest BCUT2D eigenvalue weighted by Gasteiger charge is 2.42. The summed E-state index contributed by atoms with van der Waals surface area (Å²) in [5, 5.41) is 7.35. The lowest BCUT2D eigenvalue weighted by Gasteiger charge is -2.16. The molecule has 0 aliphatic carbocycles. The Bertz CT molecular complexity index is 857. The summed E-state index contributed by atoms with van der Waals surface area (Å²) in [6.45, 7) is 0. The fourth-order valence-corrected chi connectivity index (χ4v) is 5.25. The van der Waals surface area contributed by atoms with Gasteiger partial charge in [-0.1, -0.05) is 12.5 Å². The van der Waals surface area contributed by atoms with Gasteiger partial charge in [0.05, 0.1) is 17.6 Å². The molecule has 2 saturated heterocycles. The molecule has 6 nitrogen and oxygen atoms in total. The minimum absolute atomic E-state index is 0.0513. The van der Waals surface area contributed by atoms with Crippen molar-refractivity contribution in [2.24, 2.45) is 0 Å². The minimum atomic E-state index is -0.0513. The number of hydrogen-bond donors (Lipinski definition) is 3. The molecular formula is C19H22N4O2S. The summed E-state index contributed by atoms with van der Waals surface area (Å²) in [6, 6.07) is 9.63. The maximum Gasteiger partial charge on any atom is 0.315 e. The molecule has 2 aliphatic heterocycles. The van der Waals surface area contributed by atoms with Gasteiger partial charge in [-0.25, -0.2) is 9.78 Å². The number of anilines is 1. The molecule has 2 amide bonds. The first-order valence-electron chi connectivity index (χ1n) is 8.98. The highest BCUT2D eigenvalue weighted by atomic mass is 32.2. The molecular weight excluding hydrogens is 348 g/mol. The van der Waals surface area contributed by atoms with Crippen molar-refractivity contribution in [3.05, 3.63) is 36.0 Å². The van der Waals surface area contributed by atoms with Crippen LogP contribution in [0.2, 0.25) is 0 Å². The zero-order valence-corrected chi connectivity index (χ0v) is 15.2. The molecule has 136 valence electrons. The van der Waals surface area contributed by atoms with Gasteiger partial charge in [0.2, 0.25) is 0 Å². The SMILES string of the molecule is Nc1ccc2nc(C(=O)CCCC[C@@H]3SC[C@@H]4NC(=O)N[C@@H]43)ccc2c1. The number of nitrogens with two attached hydrogens (primary N) is 1. The first kappa shape index (κ1) is 17.1. The molecule has 3 heterocycles. The number of Topliss-reactive ketones (excluding diaryl/α,β-unsaturated/α-hetero) is 1. The van der Waals surface area contributed by atoms with Crippen molar-refractivity contribution in [1.29, 1.82) is 0 Å². The van der Waals surface area contributed by atoms with Crippen LogP contribution in [0.5, 0.6) is 0 Å². The normalized spacial score (nSPS) is 24.3. The number of pyridine rings is 1. The quantitative estimate of drug-likeness (QED) is 0.314. The number of ketones is 1. The zero-order valence-electron chi connectivity index (χ0n) is 14.4. The third kappa shape index (κ3) is 3.49. The molecule has 0 saturated carbocycles. The van der Waals surface area contributed by atoms with E-state index in [1.807, 2.05) is 30.0 Å². The molecule has 0 unspecified atom stereocenters. The fraction of sp³-hybridized carbons (Fsp3) is 0.421. The standard InChI is InChI=1S/C19H22N4O2S/c20-12-6-8-13-11(9-12)5-7-14(21-13)16(24)3-1-2-4-17-18-15(10-26-17)22-19(25)23-18/h5-9,15,17-18H,1-4,10,20H2,(H2,22,23,25)/t15-,17-,18-/m0/s1. The molecule has 1 aromatic carbocycles. The number of unbranched alkanes of at least 4 members (excludes halogenated alkanes) is 1. The molecule has 7 heteroatoms. The van der Waals surface area contributed by atoms with Gasteiger partial charge >= 0.3 is 6.03 Å². The Morgan fingerprint density at radius 3 is 3.00 bits per heavy atom. The predicted molar refractivity (Wildman–Crippen MR) is 104 cm³/mol. The van der Waals surface area contributed by atoms with Gasteiger partial charge in [0.1, 0.15) is 5.69 Å². The molecule has 2 aliphatic rings. The largest absolute Gasteiger partial charge is 0.399 e. The number of urea groups is 1. The number of benzene rings is 1. The van der Waals surface area contributed by atoms with E-state index >= 15 is 0 Å². The van der Waals surface area contributed by atoms with Gasteiger partial charge in [0.25, 0.3) is 0 Å². The van der Waals surface area contributed by atoms with E-state index in [-0.39, 0.29) is 23.9 Å². The van der Waals surface area contributed by atoms with Crippen LogP contribution in [0.1, 0.15) is 36.2 Å². The molecule has 26 heavy (non-hydrogen) atoms. The van der Waals surface area contributed by atoms with E-state index in [2.05, 4.69) is 15.6 Å². The summed E-state index contributed by atoms with van der Waals surface area (Å²) in [5.74, 6) is 1.05. The van der Waals surface area contributed by atoms with Crippen molar-refractivity contribution in [3.63, 3.8) is 0 Å². The number of rotatable bonds is 6. The average molecular weight is 370 g/mol. The molecule has 4 rings (SSSR count). The van der Waals surface area contributed by atoms with Crippen LogP contribution in [-0.4, -0.2) is 39.9 Å². The number of fused-ring (bicyclic) bond motifs is 2. The Hall–Kier alpha value is -2.28. The lowest BCUT2D eigenvalue weighted by Crippen LogP contribution is -2.36. The highest BCUT2D eigenvalue weighted by molar-refractivity contribution is 8.00. The van der Waals surface area contributed by atoms with Gasteiger partial charge in [-0.2, -0.15) is 11.8 Å². The number of carbonyl (C=O) groups excluding carboxylic acids is 2. The topological polar surface area (TPSA) is 97.1 Å². The maximum absolute atomic E-state index is 12.4. The lowest BCUT2D eigenvalue weighted by molar-refractivity contribution is 0.0974. The van der Waals surface area contributed by atoms with E-state index in [1.165, 1.54) is 0 Å². The number of carbonyl (C=O) groups is 2. The number of aromatic nitrogens is 1. The summed E-state index contributed by atoms with van der Waals surface area (Å²) in [6.07, 6.45) is 3.35. The van der Waals surface area contributed by atoms with Crippen LogP contribution in [0, 0.1) is 0 Å². The Labute approximate surface area is 156 Å². The van der Waals surface area contributed by atoms with Crippen LogP contribution in [0.15, 0.2) is 30.3 Å². The summed E-state index contributed by atoms with van der Waals surface area (Å²) < 4.78 is 0. The molecule has 1 aromatic heterocycles. The van der Waals surface area contributed by atoms with E-state index in [1.54, 1.807) is 12.1 Å². The Kier molecular flexibility index (Phi) is 4.72. The number of amides is 2. The molecule has 2 aromatic rings. The van der Waals surface area contributed by atoms with Crippen molar-refractivity contribution < 1.29 is 9.59 Å². The van der Waals surface area contributed by atoms with Gasteiger partial charge < -0.3 is 16.4 Å². The summed E-state index contributed by atoms with van der Waals surface area (Å²) in [4.78, 5) is 28.3. The van der Waals surface area contributed by atoms with Crippen LogP contribution < -0.4 is 16.4 Å². The van der Waals surface area contributed by atoms with Crippen LogP contribution >= 0.6 is 11.8 Å². The molecule has 3 atom stereocenters. The van der Waals surface area contributed by atoms with Crippen molar-refractivity contribution in [2.75, 3.05) is 11.5 Å². The number of nitrogen functional groups attached to an aromatic ring is 1. The van der Waals surface area contributed by atoms with Gasteiger partial charge in [-0.15, -0.1) is 0 Å². The van der Waals surface area contributed by atoms with E-state index < -0.39 is 0 Å². The Balaban J connectivity index is 1.28. The van der Waals surface area contributed by atoms with Crippen molar-refractivity contribution in [1.82, 2.24) is 15.6 Å². The average Bonchev–Trinajstić information content (AvgIpc) is 3.17. The number of hydrogen-bond acceptors (Lipinski definition) is 5. The molecule has 0 spiro atoms. The summed E-state index contributed by atoms with van der Waals surface area (Å²) in [5.41, 5.74) is 7.78. The molecule has 0 radical (unpaired) electrons. The van der Waals surface area contributed by atoms with E-state index in [4.69, 9.17) is 5.73 Å². The smallest absolute Gasteiger partial charge is 0.315 e. The Morgan fingerprint density at radius 1 is 1.23 bits per heavy atom. The van der Waals surface area contributed by atoms with Crippen molar-refractivity contribution >= 4 is 40.2 Å². The van der Waals surface area contributed by atoms with Gasteiger partial charge in [-0.05, 0) is 37.1 Å². The predicted octanol–water partition coefficient (Wildman–Crippen LogP) is 2.73. The van der Waals surface area contributed by atoms with Crippen LogP contribution in [0.4, 0.5) is 10.5 Å². The Morgan fingerprint density at radius 2 is 2.12 bits per heavy atom. The number of nitrogens with zero attached hydrogens (tertiary/aromatic N) is 1. The van der Waals surface area contributed by atoms with Crippen LogP contribution in [0.3, 0.4) is 0 Å². The monoisotopic (exact) mass is 370 g/mol. The number of nitrogens with one attached hydrogen (secondary N) is 2. The molecule has 0 bridgehead atoms. The minimum Gasteiger partial charge on any atom is -0.399 e. The van der Waals surface area contributed by atoms with Crippen LogP contribution in [0.25, 0.3) is 10.9 Å². The summed E-state index contributed by atoms with van der Waals surface area (Å²) >= 11 is 1.91. The lowest BCUT2D eigenvalue weighted by atomic mass is 10.0. The van der Waals surface area contributed by atoms with Crippen LogP contribution in [-0.2, 0) is 0 Å². The van der Waals surface area contributed by atoms with E-state index in [9.17, 15) is 9.59 Å². The fourth-order valence-electron chi connectivity index (χ4n) is 3.70. The first-order chi connectivity index (χ1) is 12.6. The van der Waals surface area contributed by atoms with E-state index in [0.29, 0.717) is 23.1 Å². The third-order valence-electron chi connectivity index (χ3n) is 5.08. The third-order valence-corrected chi connectivity index (χ3v) is 6.59.